The van der Waals surface area contributed by atoms with Crippen molar-refractivity contribution in [3.63, 3.8) is 0 Å². The first kappa shape index (κ1) is 17.4. The predicted octanol–water partition coefficient (Wildman–Crippen LogP) is 4.84. The van der Waals surface area contributed by atoms with Crippen molar-refractivity contribution in [1.82, 2.24) is 15.0 Å². The number of aromatic nitrogens is 3. The molecule has 27 heavy (non-hydrogen) atoms. The fourth-order valence-electron chi connectivity index (χ4n) is 2.80. The SMILES string of the molecule is Cc1c(-c2ccc(CO)cc2)sc2c(N=NCc3cccnc3)ncnc12. The van der Waals surface area contributed by atoms with Gasteiger partial charge in [-0.1, -0.05) is 30.3 Å². The van der Waals surface area contributed by atoms with Gasteiger partial charge in [0.15, 0.2) is 5.82 Å². The first-order valence-corrected chi connectivity index (χ1v) is 9.28. The number of hydrogen-bond donors (Lipinski definition) is 1. The van der Waals surface area contributed by atoms with E-state index in [2.05, 4.69) is 32.1 Å². The van der Waals surface area contributed by atoms with Crippen molar-refractivity contribution in [3.8, 4) is 10.4 Å². The van der Waals surface area contributed by atoms with Crippen molar-refractivity contribution in [3.05, 3.63) is 71.8 Å². The van der Waals surface area contributed by atoms with Crippen molar-refractivity contribution < 1.29 is 5.11 Å². The highest BCUT2D eigenvalue weighted by Gasteiger charge is 2.15. The first-order valence-electron chi connectivity index (χ1n) is 8.47. The van der Waals surface area contributed by atoms with E-state index in [1.807, 2.05) is 36.4 Å². The molecular formula is C20H17N5OS. The van der Waals surface area contributed by atoms with Crippen molar-refractivity contribution in [2.45, 2.75) is 20.1 Å². The first-order chi connectivity index (χ1) is 13.3. The molecule has 0 saturated carbocycles. The molecule has 0 atom stereocenters. The van der Waals surface area contributed by atoms with E-state index in [-0.39, 0.29) is 6.61 Å². The highest BCUT2D eigenvalue weighted by molar-refractivity contribution is 7.23. The third-order valence-corrected chi connectivity index (χ3v) is 5.55. The Kier molecular flexibility index (Phi) is 4.95. The van der Waals surface area contributed by atoms with E-state index in [0.717, 1.165) is 37.3 Å². The molecular weight excluding hydrogens is 358 g/mol. The number of rotatable bonds is 5. The van der Waals surface area contributed by atoms with Crippen LogP contribution in [0.4, 0.5) is 5.82 Å². The van der Waals surface area contributed by atoms with Crippen LogP contribution in [0.2, 0.25) is 0 Å². The molecule has 3 heterocycles. The molecule has 0 aliphatic heterocycles. The Balaban J connectivity index is 1.68. The predicted molar refractivity (Wildman–Crippen MR) is 106 cm³/mol. The molecule has 0 bridgehead atoms. The van der Waals surface area contributed by atoms with E-state index in [1.165, 1.54) is 6.33 Å². The lowest BCUT2D eigenvalue weighted by molar-refractivity contribution is 0.282. The largest absolute Gasteiger partial charge is 0.392 e. The van der Waals surface area contributed by atoms with Crippen molar-refractivity contribution in [1.29, 1.82) is 0 Å². The van der Waals surface area contributed by atoms with E-state index in [1.54, 1.807) is 23.7 Å². The minimum Gasteiger partial charge on any atom is -0.392 e. The van der Waals surface area contributed by atoms with Crippen LogP contribution in [-0.4, -0.2) is 20.1 Å². The number of aliphatic hydroxyl groups excluding tert-OH is 1. The second-order valence-corrected chi connectivity index (χ2v) is 7.07. The van der Waals surface area contributed by atoms with E-state index in [9.17, 15) is 5.11 Å². The summed E-state index contributed by atoms with van der Waals surface area (Å²) in [5, 5.41) is 17.8. The van der Waals surface area contributed by atoms with Gasteiger partial charge in [-0.25, -0.2) is 9.97 Å². The number of benzene rings is 1. The summed E-state index contributed by atoms with van der Waals surface area (Å²) in [4.78, 5) is 13.9. The van der Waals surface area contributed by atoms with Gasteiger partial charge in [-0.15, -0.1) is 16.5 Å². The molecule has 7 heteroatoms. The second kappa shape index (κ2) is 7.69. The van der Waals surface area contributed by atoms with Gasteiger partial charge in [-0.05, 0) is 35.2 Å². The zero-order valence-electron chi connectivity index (χ0n) is 14.7. The van der Waals surface area contributed by atoms with Crippen LogP contribution >= 0.6 is 11.3 Å². The lowest BCUT2D eigenvalue weighted by Gasteiger charge is -2.01. The summed E-state index contributed by atoms with van der Waals surface area (Å²) in [5.74, 6) is 0.579. The van der Waals surface area contributed by atoms with Crippen LogP contribution in [0.1, 0.15) is 16.7 Å². The highest BCUT2D eigenvalue weighted by atomic mass is 32.1. The van der Waals surface area contributed by atoms with Crippen LogP contribution < -0.4 is 0 Å². The van der Waals surface area contributed by atoms with E-state index in [0.29, 0.717) is 12.4 Å². The third kappa shape index (κ3) is 3.60. The number of nitrogens with zero attached hydrogens (tertiary/aromatic N) is 5. The third-order valence-electron chi connectivity index (χ3n) is 4.23. The fourth-order valence-corrected chi connectivity index (χ4v) is 3.99. The number of hydrogen-bond acceptors (Lipinski definition) is 7. The molecule has 0 fully saturated rings. The van der Waals surface area contributed by atoms with Gasteiger partial charge in [0.2, 0.25) is 0 Å². The van der Waals surface area contributed by atoms with Gasteiger partial charge in [0.05, 0.1) is 18.7 Å². The zero-order chi connectivity index (χ0) is 18.6. The normalized spacial score (nSPS) is 11.5. The monoisotopic (exact) mass is 375 g/mol. The van der Waals surface area contributed by atoms with Crippen LogP contribution in [0.3, 0.4) is 0 Å². The summed E-state index contributed by atoms with van der Waals surface area (Å²) in [6.45, 7) is 2.55. The minimum atomic E-state index is 0.0403. The Morgan fingerprint density at radius 2 is 1.93 bits per heavy atom. The summed E-state index contributed by atoms with van der Waals surface area (Å²) in [6.07, 6.45) is 5.04. The highest BCUT2D eigenvalue weighted by Crippen LogP contribution is 2.40. The number of azo groups is 1. The Morgan fingerprint density at radius 3 is 2.67 bits per heavy atom. The van der Waals surface area contributed by atoms with Crippen molar-refractivity contribution >= 4 is 27.4 Å². The summed E-state index contributed by atoms with van der Waals surface area (Å²) in [6, 6.07) is 11.7. The molecule has 134 valence electrons. The zero-order valence-corrected chi connectivity index (χ0v) is 15.5. The molecule has 1 aromatic carbocycles. The molecule has 0 aliphatic rings. The standard InChI is InChI=1S/C20H17N5OS/c1-13-17-19(27-18(13)16-6-4-14(11-26)5-7-16)20(23-12-22-17)25-24-10-15-3-2-8-21-9-15/h2-9,12,26H,10-11H2,1H3. The van der Waals surface area contributed by atoms with Gasteiger partial charge in [0.1, 0.15) is 11.0 Å². The van der Waals surface area contributed by atoms with Crippen molar-refractivity contribution in [2.75, 3.05) is 0 Å². The maximum Gasteiger partial charge on any atom is 0.195 e. The molecule has 3 aromatic heterocycles. The summed E-state index contributed by atoms with van der Waals surface area (Å²) in [5.41, 5.74) is 4.97. The maximum atomic E-state index is 9.23. The smallest absolute Gasteiger partial charge is 0.195 e. The Hall–Kier alpha value is -3.03. The average Bonchev–Trinajstić information content (AvgIpc) is 3.06. The quantitative estimate of drug-likeness (QED) is 0.506. The fraction of sp³-hybridized carbons (Fsp3) is 0.150. The van der Waals surface area contributed by atoms with Gasteiger partial charge >= 0.3 is 0 Å². The lowest BCUT2D eigenvalue weighted by atomic mass is 10.1. The van der Waals surface area contributed by atoms with Gasteiger partial charge in [-0.3, -0.25) is 4.98 Å². The van der Waals surface area contributed by atoms with Gasteiger partial charge in [0, 0.05) is 17.3 Å². The van der Waals surface area contributed by atoms with Crippen LogP contribution in [0.15, 0.2) is 65.3 Å². The summed E-state index contributed by atoms with van der Waals surface area (Å²) in [7, 11) is 0. The topological polar surface area (TPSA) is 83.6 Å². The second-order valence-electron chi connectivity index (χ2n) is 6.05. The van der Waals surface area contributed by atoms with E-state index < -0.39 is 0 Å². The molecule has 4 rings (SSSR count). The lowest BCUT2D eigenvalue weighted by Crippen LogP contribution is -1.84. The number of thiophene rings is 1. The van der Waals surface area contributed by atoms with E-state index >= 15 is 0 Å². The number of pyridine rings is 1. The average molecular weight is 375 g/mol. The number of aryl methyl sites for hydroxylation is 1. The van der Waals surface area contributed by atoms with Crippen molar-refractivity contribution in [2.24, 2.45) is 10.2 Å². The maximum absolute atomic E-state index is 9.23. The minimum absolute atomic E-state index is 0.0403. The molecule has 0 amide bonds. The molecule has 6 nitrogen and oxygen atoms in total. The molecule has 0 aliphatic carbocycles. The van der Waals surface area contributed by atoms with Gasteiger partial charge in [0.25, 0.3) is 0 Å². The van der Waals surface area contributed by atoms with Gasteiger partial charge < -0.3 is 5.11 Å². The number of fused-ring (bicyclic) bond motifs is 1. The summed E-state index contributed by atoms with van der Waals surface area (Å²) >= 11 is 1.61. The molecule has 4 aromatic rings. The Bertz CT molecular complexity index is 1090. The van der Waals surface area contributed by atoms with Crippen LogP contribution in [0, 0.1) is 6.92 Å². The van der Waals surface area contributed by atoms with Crippen LogP contribution in [0.25, 0.3) is 20.7 Å². The molecule has 0 unspecified atom stereocenters. The van der Waals surface area contributed by atoms with Crippen LogP contribution in [-0.2, 0) is 13.2 Å². The molecule has 0 saturated heterocycles. The van der Waals surface area contributed by atoms with Crippen LogP contribution in [0.5, 0.6) is 0 Å². The molecule has 0 spiro atoms. The Labute approximate surface area is 160 Å². The van der Waals surface area contributed by atoms with E-state index in [4.69, 9.17) is 0 Å². The number of aliphatic hydroxyl groups is 1. The van der Waals surface area contributed by atoms with Gasteiger partial charge in [-0.2, -0.15) is 5.11 Å². The molecule has 1 N–H and O–H groups in total. The molecule has 0 radical (unpaired) electrons. The Morgan fingerprint density at radius 1 is 1.07 bits per heavy atom. The summed E-state index contributed by atoms with van der Waals surface area (Å²) < 4.78 is 0.922.